The lowest BCUT2D eigenvalue weighted by Crippen LogP contribution is -1.88. The van der Waals surface area contributed by atoms with Gasteiger partial charge < -0.3 is 0 Å². The van der Waals surface area contributed by atoms with E-state index < -0.39 is 0 Å². The van der Waals surface area contributed by atoms with Gasteiger partial charge in [-0.15, -0.1) is 0 Å². The van der Waals surface area contributed by atoms with Crippen molar-refractivity contribution in [2.24, 2.45) is 0 Å². The Kier molecular flexibility index (Phi) is 4.97. The molecular weight excluding hydrogens is 333 g/mol. The molecule has 4 aromatic rings. The molecule has 0 saturated carbocycles. The maximum Gasteiger partial charge on any atom is 0.123 e. The van der Waals surface area contributed by atoms with Gasteiger partial charge >= 0.3 is 0 Å². The lowest BCUT2D eigenvalue weighted by Gasteiger charge is -2.08. The largest absolute Gasteiger partial charge is 0.248 e. The maximum atomic E-state index is 13.4. The molecule has 3 aromatic carbocycles. The molecule has 4 rings (SSSR count). The summed E-state index contributed by atoms with van der Waals surface area (Å²) < 4.78 is 13.4. The topological polar surface area (TPSA) is 12.9 Å². The number of hydrogen-bond acceptors (Lipinski definition) is 1. The summed E-state index contributed by atoms with van der Waals surface area (Å²) in [5, 5.41) is 0.817. The lowest BCUT2D eigenvalue weighted by molar-refractivity contribution is 0.629. The maximum absolute atomic E-state index is 13.4. The van der Waals surface area contributed by atoms with Crippen molar-refractivity contribution in [3.63, 3.8) is 0 Å². The van der Waals surface area contributed by atoms with Crippen LogP contribution in [0.2, 0.25) is 0 Å². The normalized spacial score (nSPS) is 11.0. The van der Waals surface area contributed by atoms with Crippen molar-refractivity contribution in [2.45, 2.75) is 26.2 Å². The number of unbranched alkanes of at least 4 members (excludes halogenated alkanes) is 1. The summed E-state index contributed by atoms with van der Waals surface area (Å²) in [5.74, 6) is -0.235. The highest BCUT2D eigenvalue weighted by Crippen LogP contribution is 2.27. The monoisotopic (exact) mass is 355 g/mol. The minimum atomic E-state index is -0.235. The second-order valence-electron chi connectivity index (χ2n) is 6.91. The zero-order valence-electron chi connectivity index (χ0n) is 15.5. The van der Waals surface area contributed by atoms with Gasteiger partial charge in [0.15, 0.2) is 0 Å². The van der Waals surface area contributed by atoms with Gasteiger partial charge in [-0.1, -0.05) is 61.9 Å². The van der Waals surface area contributed by atoms with E-state index in [1.165, 1.54) is 41.7 Å². The van der Waals surface area contributed by atoms with Crippen LogP contribution in [0.4, 0.5) is 4.39 Å². The number of hydrogen-bond donors (Lipinski definition) is 0. The van der Waals surface area contributed by atoms with Gasteiger partial charge in [-0.2, -0.15) is 0 Å². The average Bonchev–Trinajstić information content (AvgIpc) is 2.72. The number of aromatic nitrogens is 1. The van der Waals surface area contributed by atoms with Crippen molar-refractivity contribution in [3.8, 4) is 22.4 Å². The van der Waals surface area contributed by atoms with Gasteiger partial charge in [0, 0.05) is 10.9 Å². The van der Waals surface area contributed by atoms with Gasteiger partial charge in [-0.05, 0) is 59.9 Å². The minimum Gasteiger partial charge on any atom is -0.248 e. The fourth-order valence-corrected chi connectivity index (χ4v) is 3.36. The summed E-state index contributed by atoms with van der Waals surface area (Å²) in [5.41, 5.74) is 6.54. The second kappa shape index (κ2) is 7.71. The molecule has 0 aliphatic carbocycles. The zero-order chi connectivity index (χ0) is 18.6. The van der Waals surface area contributed by atoms with E-state index in [2.05, 4.69) is 55.5 Å². The summed E-state index contributed by atoms with van der Waals surface area (Å²) in [4.78, 5) is 4.70. The molecule has 0 spiro atoms. The molecular formula is C25H22FN. The molecule has 1 heterocycles. The first-order chi connectivity index (χ1) is 13.2. The molecule has 134 valence electrons. The molecule has 0 radical (unpaired) electrons. The number of rotatable bonds is 5. The van der Waals surface area contributed by atoms with E-state index >= 15 is 0 Å². The number of nitrogens with zero attached hydrogens (tertiary/aromatic N) is 1. The van der Waals surface area contributed by atoms with E-state index in [4.69, 9.17) is 4.98 Å². The van der Waals surface area contributed by atoms with Crippen LogP contribution in [0.5, 0.6) is 0 Å². The van der Waals surface area contributed by atoms with Crippen LogP contribution in [0.15, 0.2) is 78.9 Å². The highest BCUT2D eigenvalue weighted by Gasteiger charge is 2.05. The van der Waals surface area contributed by atoms with Crippen LogP contribution in [0.3, 0.4) is 0 Å². The molecule has 0 aliphatic heterocycles. The quantitative estimate of drug-likeness (QED) is 0.374. The number of halogens is 1. The molecule has 27 heavy (non-hydrogen) atoms. The molecule has 2 heteroatoms. The van der Waals surface area contributed by atoms with Crippen LogP contribution in [0.25, 0.3) is 33.3 Å². The summed E-state index contributed by atoms with van der Waals surface area (Å²) >= 11 is 0. The molecule has 0 bridgehead atoms. The number of pyridine rings is 1. The standard InChI is InChI=1S/C25H22FN/c1-2-3-5-18-8-10-19(11-9-18)20-6-4-7-21(16-20)24-14-12-22-17-23(26)13-15-25(22)27-24/h4,6-17H,2-3,5H2,1H3. The van der Waals surface area contributed by atoms with Gasteiger partial charge in [0.05, 0.1) is 11.2 Å². The SMILES string of the molecule is CCCCc1ccc(-c2cccc(-c3ccc4cc(F)ccc4n3)c2)cc1. The van der Waals surface area contributed by atoms with E-state index in [-0.39, 0.29) is 5.82 Å². The van der Waals surface area contributed by atoms with Crippen molar-refractivity contribution in [2.75, 3.05) is 0 Å². The number of aryl methyl sites for hydroxylation is 1. The van der Waals surface area contributed by atoms with Gasteiger partial charge in [-0.3, -0.25) is 0 Å². The molecule has 1 nitrogen and oxygen atoms in total. The Labute approximate surface area is 159 Å². The highest BCUT2D eigenvalue weighted by atomic mass is 19.1. The molecule has 0 saturated heterocycles. The van der Waals surface area contributed by atoms with Crippen LogP contribution in [-0.2, 0) is 6.42 Å². The van der Waals surface area contributed by atoms with E-state index in [9.17, 15) is 4.39 Å². The first-order valence-electron chi connectivity index (χ1n) is 9.49. The van der Waals surface area contributed by atoms with E-state index in [1.54, 1.807) is 6.07 Å². The van der Waals surface area contributed by atoms with Gasteiger partial charge in [0.25, 0.3) is 0 Å². The Balaban J connectivity index is 1.65. The molecule has 1 aromatic heterocycles. The van der Waals surface area contributed by atoms with Crippen molar-refractivity contribution in [3.05, 3.63) is 90.2 Å². The van der Waals surface area contributed by atoms with Gasteiger partial charge in [0.1, 0.15) is 5.82 Å². The predicted molar refractivity (Wildman–Crippen MR) is 111 cm³/mol. The molecule has 0 amide bonds. The van der Waals surface area contributed by atoms with Crippen molar-refractivity contribution < 1.29 is 4.39 Å². The summed E-state index contributed by atoms with van der Waals surface area (Å²) in [7, 11) is 0. The fraction of sp³-hybridized carbons (Fsp3) is 0.160. The fourth-order valence-electron chi connectivity index (χ4n) is 3.36. The van der Waals surface area contributed by atoms with E-state index in [0.29, 0.717) is 0 Å². The first-order valence-corrected chi connectivity index (χ1v) is 9.49. The van der Waals surface area contributed by atoms with E-state index in [1.807, 2.05) is 12.1 Å². The van der Waals surface area contributed by atoms with Crippen molar-refractivity contribution >= 4 is 10.9 Å². The summed E-state index contributed by atoms with van der Waals surface area (Å²) in [6.45, 7) is 2.22. The van der Waals surface area contributed by atoms with Crippen LogP contribution in [0, 0.1) is 5.82 Å². The Hall–Kier alpha value is -3.00. The zero-order valence-corrected chi connectivity index (χ0v) is 15.5. The van der Waals surface area contributed by atoms with Crippen LogP contribution in [0.1, 0.15) is 25.3 Å². The lowest BCUT2D eigenvalue weighted by atomic mass is 9.99. The average molecular weight is 355 g/mol. The summed E-state index contributed by atoms with van der Waals surface area (Å²) in [6.07, 6.45) is 3.58. The summed E-state index contributed by atoms with van der Waals surface area (Å²) in [6, 6.07) is 25.8. The third kappa shape index (κ3) is 3.90. The Morgan fingerprint density at radius 3 is 2.41 bits per heavy atom. The van der Waals surface area contributed by atoms with Crippen molar-refractivity contribution in [1.29, 1.82) is 0 Å². The van der Waals surface area contributed by atoms with Gasteiger partial charge in [-0.25, -0.2) is 9.37 Å². The molecule has 0 atom stereocenters. The Bertz CT molecular complexity index is 1070. The van der Waals surface area contributed by atoms with Gasteiger partial charge in [0.2, 0.25) is 0 Å². The highest BCUT2D eigenvalue weighted by molar-refractivity contribution is 5.82. The smallest absolute Gasteiger partial charge is 0.123 e. The van der Waals surface area contributed by atoms with Crippen LogP contribution < -0.4 is 0 Å². The van der Waals surface area contributed by atoms with Crippen LogP contribution >= 0.6 is 0 Å². The third-order valence-corrected chi connectivity index (χ3v) is 4.92. The Morgan fingerprint density at radius 1 is 0.778 bits per heavy atom. The third-order valence-electron chi connectivity index (χ3n) is 4.92. The second-order valence-corrected chi connectivity index (χ2v) is 6.91. The molecule has 0 unspecified atom stereocenters. The minimum absolute atomic E-state index is 0.235. The van der Waals surface area contributed by atoms with Crippen LogP contribution in [-0.4, -0.2) is 4.98 Å². The van der Waals surface area contributed by atoms with E-state index in [0.717, 1.165) is 28.6 Å². The van der Waals surface area contributed by atoms with Crippen molar-refractivity contribution in [1.82, 2.24) is 4.98 Å². The first kappa shape index (κ1) is 17.4. The predicted octanol–water partition coefficient (Wildman–Crippen LogP) is 7.05. The molecule has 0 aliphatic rings. The Morgan fingerprint density at radius 2 is 1.59 bits per heavy atom. The molecule has 0 fully saturated rings. The number of fused-ring (bicyclic) bond motifs is 1. The molecule has 0 N–H and O–H groups in total. The number of benzene rings is 3.